The number of fused-ring (bicyclic) bond motifs is 3. The van der Waals surface area contributed by atoms with Crippen LogP contribution in [0.5, 0.6) is 0 Å². The molecule has 0 fully saturated rings. The standard InChI is InChI=1S/C16H8N2O2/c19-15-11-7-9-3-1-2-4-10(9)8-12(11)16(20)14-13(15)17-5-6-18-14/h1-8H. The largest absolute Gasteiger partial charge is 0.287 e. The zero-order chi connectivity index (χ0) is 13.7. The van der Waals surface area contributed by atoms with Crippen LogP contribution in [-0.2, 0) is 0 Å². The average Bonchev–Trinajstić information content (AvgIpc) is 2.51. The molecule has 0 atom stereocenters. The van der Waals surface area contributed by atoms with Gasteiger partial charge in [0.05, 0.1) is 0 Å². The minimum absolute atomic E-state index is 0.139. The lowest BCUT2D eigenvalue weighted by Gasteiger charge is -2.16. The van der Waals surface area contributed by atoms with Crippen molar-refractivity contribution < 1.29 is 9.59 Å². The van der Waals surface area contributed by atoms with Crippen molar-refractivity contribution in [2.24, 2.45) is 0 Å². The molecule has 0 aliphatic heterocycles. The van der Waals surface area contributed by atoms with Crippen LogP contribution in [0.25, 0.3) is 10.8 Å². The Kier molecular flexibility index (Phi) is 2.09. The van der Waals surface area contributed by atoms with Gasteiger partial charge in [0.2, 0.25) is 11.6 Å². The Morgan fingerprint density at radius 1 is 0.700 bits per heavy atom. The van der Waals surface area contributed by atoms with Crippen molar-refractivity contribution in [3.63, 3.8) is 0 Å². The maximum absolute atomic E-state index is 12.4. The van der Waals surface area contributed by atoms with Crippen molar-refractivity contribution in [1.82, 2.24) is 9.97 Å². The van der Waals surface area contributed by atoms with Gasteiger partial charge < -0.3 is 0 Å². The van der Waals surface area contributed by atoms with E-state index in [0.29, 0.717) is 11.1 Å². The molecule has 1 aromatic heterocycles. The van der Waals surface area contributed by atoms with E-state index < -0.39 is 0 Å². The van der Waals surface area contributed by atoms with Gasteiger partial charge in [-0.05, 0) is 22.9 Å². The summed E-state index contributed by atoms with van der Waals surface area (Å²) in [6.45, 7) is 0. The van der Waals surface area contributed by atoms with Crippen LogP contribution in [0.1, 0.15) is 32.1 Å². The van der Waals surface area contributed by atoms with Gasteiger partial charge in [0.25, 0.3) is 0 Å². The van der Waals surface area contributed by atoms with Gasteiger partial charge in [0, 0.05) is 23.5 Å². The summed E-state index contributed by atoms with van der Waals surface area (Å²) < 4.78 is 0. The molecular formula is C16H8N2O2. The van der Waals surface area contributed by atoms with Crippen LogP contribution >= 0.6 is 0 Å². The fourth-order valence-corrected chi connectivity index (χ4v) is 2.54. The molecule has 3 aromatic rings. The van der Waals surface area contributed by atoms with Crippen molar-refractivity contribution >= 4 is 22.3 Å². The van der Waals surface area contributed by atoms with E-state index in [1.165, 1.54) is 12.4 Å². The minimum Gasteiger partial charge on any atom is -0.287 e. The fraction of sp³-hybridized carbons (Fsp3) is 0. The molecule has 4 nitrogen and oxygen atoms in total. The van der Waals surface area contributed by atoms with Crippen molar-refractivity contribution in [3.05, 3.63) is 71.3 Å². The van der Waals surface area contributed by atoms with Crippen molar-refractivity contribution in [1.29, 1.82) is 0 Å². The first-order valence-corrected chi connectivity index (χ1v) is 6.19. The van der Waals surface area contributed by atoms with Gasteiger partial charge in [0.1, 0.15) is 11.4 Å². The highest BCUT2D eigenvalue weighted by Gasteiger charge is 2.32. The molecule has 94 valence electrons. The number of rotatable bonds is 0. The van der Waals surface area contributed by atoms with Crippen LogP contribution in [0, 0.1) is 0 Å². The first-order chi connectivity index (χ1) is 9.75. The van der Waals surface area contributed by atoms with Crippen LogP contribution in [-0.4, -0.2) is 21.5 Å². The second kappa shape index (κ2) is 3.81. The Labute approximate surface area is 114 Å². The van der Waals surface area contributed by atoms with Crippen molar-refractivity contribution in [2.75, 3.05) is 0 Å². The monoisotopic (exact) mass is 260 g/mol. The zero-order valence-corrected chi connectivity index (χ0v) is 10.3. The predicted molar refractivity (Wildman–Crippen MR) is 72.8 cm³/mol. The highest BCUT2D eigenvalue weighted by molar-refractivity contribution is 6.28. The first kappa shape index (κ1) is 11.0. The lowest BCUT2D eigenvalue weighted by Crippen LogP contribution is -2.23. The summed E-state index contributed by atoms with van der Waals surface area (Å²) in [7, 11) is 0. The Hall–Kier alpha value is -2.88. The molecule has 4 rings (SSSR count). The molecule has 1 aliphatic carbocycles. The molecule has 0 amide bonds. The molecule has 0 bridgehead atoms. The molecule has 0 unspecified atom stereocenters. The third-order valence-electron chi connectivity index (χ3n) is 3.50. The molecule has 1 heterocycles. The van der Waals surface area contributed by atoms with E-state index in [1.807, 2.05) is 24.3 Å². The summed E-state index contributed by atoms with van der Waals surface area (Å²) in [4.78, 5) is 32.9. The van der Waals surface area contributed by atoms with Gasteiger partial charge in [-0.25, -0.2) is 9.97 Å². The third-order valence-corrected chi connectivity index (χ3v) is 3.50. The molecule has 0 saturated carbocycles. The number of hydrogen-bond acceptors (Lipinski definition) is 4. The maximum Gasteiger partial charge on any atom is 0.214 e. The Morgan fingerprint density at radius 3 is 1.60 bits per heavy atom. The molecule has 4 heteroatoms. The van der Waals surface area contributed by atoms with E-state index in [1.54, 1.807) is 12.1 Å². The number of benzene rings is 2. The fourth-order valence-electron chi connectivity index (χ4n) is 2.54. The Balaban J connectivity index is 2.08. The molecule has 0 N–H and O–H groups in total. The number of carbonyl (C=O) groups excluding carboxylic acids is 2. The minimum atomic E-state index is -0.242. The summed E-state index contributed by atoms with van der Waals surface area (Å²) in [6, 6.07) is 11.1. The van der Waals surface area contributed by atoms with E-state index >= 15 is 0 Å². The van der Waals surface area contributed by atoms with Crippen LogP contribution in [0.4, 0.5) is 0 Å². The van der Waals surface area contributed by atoms with Gasteiger partial charge >= 0.3 is 0 Å². The van der Waals surface area contributed by atoms with Crippen LogP contribution in [0.2, 0.25) is 0 Å². The summed E-state index contributed by atoms with van der Waals surface area (Å²) in [5.41, 5.74) is 1.09. The number of nitrogens with zero attached hydrogens (tertiary/aromatic N) is 2. The molecule has 2 aromatic carbocycles. The van der Waals surface area contributed by atoms with Crippen LogP contribution in [0.3, 0.4) is 0 Å². The first-order valence-electron chi connectivity index (χ1n) is 6.19. The maximum atomic E-state index is 12.4. The summed E-state index contributed by atoms with van der Waals surface area (Å²) in [5, 5.41) is 1.86. The zero-order valence-electron chi connectivity index (χ0n) is 10.3. The molecule has 1 aliphatic rings. The second-order valence-electron chi connectivity index (χ2n) is 4.66. The number of carbonyl (C=O) groups is 2. The highest BCUT2D eigenvalue weighted by Crippen LogP contribution is 2.28. The van der Waals surface area contributed by atoms with E-state index in [9.17, 15) is 9.59 Å². The van der Waals surface area contributed by atoms with Crippen molar-refractivity contribution in [3.8, 4) is 0 Å². The molecular weight excluding hydrogens is 252 g/mol. The Morgan fingerprint density at radius 2 is 1.15 bits per heavy atom. The van der Waals surface area contributed by atoms with Gasteiger partial charge in [-0.15, -0.1) is 0 Å². The van der Waals surface area contributed by atoms with Gasteiger partial charge in [-0.1, -0.05) is 24.3 Å². The SMILES string of the molecule is O=C1c2cc3ccccc3cc2C(=O)c2nccnc21. The molecule has 20 heavy (non-hydrogen) atoms. The summed E-state index contributed by atoms with van der Waals surface area (Å²) in [5.74, 6) is -0.484. The molecule has 0 saturated heterocycles. The van der Waals surface area contributed by atoms with Gasteiger partial charge in [-0.3, -0.25) is 9.59 Å². The average molecular weight is 260 g/mol. The molecule has 0 radical (unpaired) electrons. The van der Waals surface area contributed by atoms with Crippen molar-refractivity contribution in [2.45, 2.75) is 0 Å². The number of hydrogen-bond donors (Lipinski definition) is 0. The summed E-state index contributed by atoms with van der Waals surface area (Å²) in [6.07, 6.45) is 2.85. The van der Waals surface area contributed by atoms with E-state index in [0.717, 1.165) is 10.8 Å². The quantitative estimate of drug-likeness (QED) is 0.487. The van der Waals surface area contributed by atoms with E-state index in [4.69, 9.17) is 0 Å². The smallest absolute Gasteiger partial charge is 0.214 e. The molecule has 0 spiro atoms. The highest BCUT2D eigenvalue weighted by atomic mass is 16.1. The van der Waals surface area contributed by atoms with E-state index in [-0.39, 0.29) is 23.0 Å². The van der Waals surface area contributed by atoms with Gasteiger partial charge in [0.15, 0.2) is 0 Å². The Bertz CT molecular complexity index is 826. The van der Waals surface area contributed by atoms with E-state index in [2.05, 4.69) is 9.97 Å². The second-order valence-corrected chi connectivity index (χ2v) is 4.66. The lowest BCUT2D eigenvalue weighted by molar-refractivity contribution is 0.0971. The number of ketones is 2. The number of aromatic nitrogens is 2. The summed E-state index contributed by atoms with van der Waals surface area (Å²) >= 11 is 0. The normalized spacial score (nSPS) is 13.2. The van der Waals surface area contributed by atoms with Crippen LogP contribution in [0.15, 0.2) is 48.8 Å². The predicted octanol–water partition coefficient (Wildman–Crippen LogP) is 2.41. The van der Waals surface area contributed by atoms with Gasteiger partial charge in [-0.2, -0.15) is 0 Å². The van der Waals surface area contributed by atoms with Crippen LogP contribution < -0.4 is 0 Å². The lowest BCUT2D eigenvalue weighted by atomic mass is 9.87. The topological polar surface area (TPSA) is 59.9 Å². The third kappa shape index (κ3) is 1.36.